The summed E-state index contributed by atoms with van der Waals surface area (Å²) < 4.78 is 18.4. The number of nitrogens with zero attached hydrogens (tertiary/aromatic N) is 1. The molecule has 188 valence electrons. The molecule has 2 aliphatic carbocycles. The lowest BCUT2D eigenvalue weighted by atomic mass is 9.57. The van der Waals surface area contributed by atoms with E-state index in [9.17, 15) is 14.7 Å². The summed E-state index contributed by atoms with van der Waals surface area (Å²) >= 11 is 0. The standard InChI is InChI=1S/C27H39NO6/c1-14-12-15(2)27-18(13-20(32-5)26(31)33-24(14)17(4)29)8-9-19-21(27)23(30)16(3)22(25(19)34-27)28-10-6-7-11-28/h8-9,12,14,16-22,24-25,29H,6-7,10-11,13H2,1-5H3/b15-12+/t14-,16?,17-,18-,19-,20+,21+,22?,24+,25-,27+/m1/s1. The van der Waals surface area contributed by atoms with Crippen molar-refractivity contribution in [2.75, 3.05) is 20.2 Å². The van der Waals surface area contributed by atoms with E-state index in [1.54, 1.807) is 6.92 Å². The molecular formula is C27H39NO6. The van der Waals surface area contributed by atoms with E-state index in [4.69, 9.17) is 14.2 Å². The lowest BCUT2D eigenvalue weighted by Gasteiger charge is -2.46. The number of hydrogen-bond acceptors (Lipinski definition) is 7. The van der Waals surface area contributed by atoms with Gasteiger partial charge in [0.1, 0.15) is 17.5 Å². The maximum absolute atomic E-state index is 14.0. The van der Waals surface area contributed by atoms with Crippen LogP contribution in [0.2, 0.25) is 0 Å². The number of carbonyl (C=O) groups excluding carboxylic acids is 2. The molecule has 5 aliphatic rings. The van der Waals surface area contributed by atoms with E-state index in [0.29, 0.717) is 6.42 Å². The minimum Gasteiger partial charge on any atom is -0.457 e. The Hall–Kier alpha value is -1.54. The highest BCUT2D eigenvalue weighted by Gasteiger charge is 2.69. The van der Waals surface area contributed by atoms with E-state index in [2.05, 4.69) is 30.1 Å². The number of ketones is 1. The number of cyclic esters (lactones) is 1. The molecule has 0 aromatic rings. The third-order valence-corrected chi connectivity index (χ3v) is 9.23. The average Bonchev–Trinajstić information content (AvgIpc) is 3.38. The molecule has 3 fully saturated rings. The number of carbonyl (C=O) groups is 2. The molecular weight excluding hydrogens is 434 g/mol. The van der Waals surface area contributed by atoms with Crippen LogP contribution in [0.25, 0.3) is 0 Å². The van der Waals surface area contributed by atoms with Crippen LogP contribution >= 0.6 is 0 Å². The summed E-state index contributed by atoms with van der Waals surface area (Å²) in [6.45, 7) is 9.73. The van der Waals surface area contributed by atoms with Gasteiger partial charge < -0.3 is 19.3 Å². The monoisotopic (exact) mass is 473 g/mol. The van der Waals surface area contributed by atoms with Gasteiger partial charge in [-0.2, -0.15) is 0 Å². The number of aliphatic hydroxyl groups excluding tert-OH is 1. The number of likely N-dealkylation sites (tertiary alicyclic amines) is 1. The van der Waals surface area contributed by atoms with Gasteiger partial charge in [0.2, 0.25) is 0 Å². The van der Waals surface area contributed by atoms with Crippen molar-refractivity contribution >= 4 is 11.8 Å². The van der Waals surface area contributed by atoms with Crippen LogP contribution in [-0.2, 0) is 23.8 Å². The number of aliphatic hydroxyl groups is 1. The second-order valence-electron chi connectivity index (χ2n) is 11.2. The van der Waals surface area contributed by atoms with E-state index in [1.807, 2.05) is 13.8 Å². The fraction of sp³-hybridized carbons (Fsp3) is 0.778. The zero-order chi connectivity index (χ0) is 24.4. The number of methoxy groups -OCH3 is 1. The summed E-state index contributed by atoms with van der Waals surface area (Å²) in [5, 5.41) is 10.4. The van der Waals surface area contributed by atoms with Crippen molar-refractivity contribution < 1.29 is 28.9 Å². The summed E-state index contributed by atoms with van der Waals surface area (Å²) in [6.07, 6.45) is 6.69. The Morgan fingerprint density at radius 2 is 1.91 bits per heavy atom. The number of rotatable bonds is 3. The highest BCUT2D eigenvalue weighted by atomic mass is 16.6. The van der Waals surface area contributed by atoms with Crippen molar-refractivity contribution in [3.8, 4) is 0 Å². The molecule has 11 atom stereocenters. The highest BCUT2D eigenvalue weighted by molar-refractivity contribution is 5.88. The Morgan fingerprint density at radius 3 is 2.56 bits per heavy atom. The van der Waals surface area contributed by atoms with Crippen molar-refractivity contribution in [1.82, 2.24) is 4.90 Å². The third kappa shape index (κ3) is 3.46. The predicted octanol–water partition coefficient (Wildman–Crippen LogP) is 2.52. The summed E-state index contributed by atoms with van der Waals surface area (Å²) in [6, 6.07) is 0.0769. The normalized spacial score (nSPS) is 49.2. The summed E-state index contributed by atoms with van der Waals surface area (Å²) in [4.78, 5) is 29.5. The van der Waals surface area contributed by atoms with Crippen LogP contribution in [0.15, 0.2) is 23.8 Å². The minimum atomic E-state index is -0.836. The van der Waals surface area contributed by atoms with Crippen molar-refractivity contribution in [1.29, 1.82) is 0 Å². The van der Waals surface area contributed by atoms with Gasteiger partial charge in [-0.1, -0.05) is 32.1 Å². The van der Waals surface area contributed by atoms with Gasteiger partial charge >= 0.3 is 5.97 Å². The molecule has 0 radical (unpaired) electrons. The van der Waals surface area contributed by atoms with E-state index < -0.39 is 29.9 Å². The number of ether oxygens (including phenoxy) is 3. The quantitative estimate of drug-likeness (QED) is 0.498. The van der Waals surface area contributed by atoms with Gasteiger partial charge in [0.05, 0.1) is 18.1 Å². The molecule has 0 aromatic heterocycles. The maximum atomic E-state index is 14.0. The topological polar surface area (TPSA) is 85.3 Å². The van der Waals surface area contributed by atoms with Crippen LogP contribution in [0.3, 0.4) is 0 Å². The minimum absolute atomic E-state index is 0.0349. The molecule has 2 saturated heterocycles. The number of hydrogen-bond donors (Lipinski definition) is 1. The fourth-order valence-electron chi connectivity index (χ4n) is 7.67. The molecule has 1 N–H and O–H groups in total. The first-order chi connectivity index (χ1) is 16.2. The Bertz CT molecular complexity index is 892. The summed E-state index contributed by atoms with van der Waals surface area (Å²) in [5.41, 5.74) is 0.184. The van der Waals surface area contributed by atoms with Gasteiger partial charge in [0, 0.05) is 36.8 Å². The van der Waals surface area contributed by atoms with Crippen LogP contribution in [0.1, 0.15) is 47.0 Å². The zero-order valence-electron chi connectivity index (χ0n) is 21.0. The Labute approximate surface area is 202 Å². The number of esters is 1. The molecule has 0 amide bonds. The zero-order valence-corrected chi connectivity index (χ0v) is 21.0. The first-order valence-electron chi connectivity index (χ1n) is 12.9. The van der Waals surface area contributed by atoms with Crippen molar-refractivity contribution in [2.24, 2.45) is 29.6 Å². The molecule has 7 heteroatoms. The molecule has 3 aliphatic heterocycles. The molecule has 1 saturated carbocycles. The molecule has 5 rings (SSSR count). The first-order valence-corrected chi connectivity index (χ1v) is 12.9. The SMILES string of the molecule is CO[C@H]1C[C@H]2C=C[C@@H]3[C@H]4C(=O)C(C)C(N5CCCC5)[C@@H]3O[C@@]24/C(C)=C/[C@@H](C)[C@@H]([C@@H](C)O)OC1=O. The Balaban J connectivity index is 1.63. The van der Waals surface area contributed by atoms with E-state index in [0.717, 1.165) is 31.5 Å². The molecule has 4 bridgehead atoms. The lowest BCUT2D eigenvalue weighted by Crippen LogP contribution is -2.57. The van der Waals surface area contributed by atoms with Crippen LogP contribution < -0.4 is 0 Å². The Kier molecular flexibility index (Phi) is 6.28. The molecule has 34 heavy (non-hydrogen) atoms. The predicted molar refractivity (Wildman–Crippen MR) is 126 cm³/mol. The van der Waals surface area contributed by atoms with Gasteiger partial charge in [-0.15, -0.1) is 0 Å². The van der Waals surface area contributed by atoms with Gasteiger partial charge in [-0.25, -0.2) is 4.79 Å². The van der Waals surface area contributed by atoms with Gasteiger partial charge in [0.15, 0.2) is 6.10 Å². The summed E-state index contributed by atoms with van der Waals surface area (Å²) in [5.74, 6) is -0.970. The third-order valence-electron chi connectivity index (χ3n) is 9.23. The van der Waals surface area contributed by atoms with Crippen molar-refractivity contribution in [3.63, 3.8) is 0 Å². The molecule has 7 nitrogen and oxygen atoms in total. The Morgan fingerprint density at radius 1 is 1.21 bits per heavy atom. The van der Waals surface area contributed by atoms with E-state index in [1.165, 1.54) is 7.11 Å². The summed E-state index contributed by atoms with van der Waals surface area (Å²) in [7, 11) is 1.51. The second-order valence-corrected chi connectivity index (χ2v) is 11.2. The second kappa shape index (κ2) is 8.84. The first kappa shape index (κ1) is 24.2. The molecule has 0 aromatic carbocycles. The fourth-order valence-corrected chi connectivity index (χ4v) is 7.67. The molecule has 1 spiro atoms. The average molecular weight is 474 g/mol. The van der Waals surface area contributed by atoms with Crippen LogP contribution in [-0.4, -0.2) is 78.0 Å². The largest absolute Gasteiger partial charge is 0.457 e. The van der Waals surface area contributed by atoms with E-state index in [-0.39, 0.29) is 47.5 Å². The smallest absolute Gasteiger partial charge is 0.335 e. The van der Waals surface area contributed by atoms with Gasteiger partial charge in [-0.05, 0) is 51.8 Å². The highest BCUT2D eigenvalue weighted by Crippen LogP contribution is 2.60. The van der Waals surface area contributed by atoms with Crippen molar-refractivity contribution in [3.05, 3.63) is 23.8 Å². The van der Waals surface area contributed by atoms with Gasteiger partial charge in [0.25, 0.3) is 0 Å². The lowest BCUT2D eigenvalue weighted by molar-refractivity contribution is -0.171. The number of Topliss-reactive ketones (excluding diaryl/α,β-unsaturated/α-hetero) is 1. The van der Waals surface area contributed by atoms with E-state index >= 15 is 0 Å². The van der Waals surface area contributed by atoms with Crippen molar-refractivity contribution in [2.45, 2.75) is 83.0 Å². The van der Waals surface area contributed by atoms with Crippen LogP contribution in [0, 0.1) is 29.6 Å². The molecule has 2 unspecified atom stereocenters. The van der Waals surface area contributed by atoms with Crippen LogP contribution in [0.4, 0.5) is 0 Å². The van der Waals surface area contributed by atoms with Crippen LogP contribution in [0.5, 0.6) is 0 Å². The maximum Gasteiger partial charge on any atom is 0.335 e. The molecule has 3 heterocycles. The van der Waals surface area contributed by atoms with Gasteiger partial charge in [-0.3, -0.25) is 9.69 Å².